The van der Waals surface area contributed by atoms with E-state index in [9.17, 15) is 4.79 Å². The lowest BCUT2D eigenvalue weighted by Gasteiger charge is -2.09. The van der Waals surface area contributed by atoms with E-state index in [-0.39, 0.29) is 5.91 Å². The summed E-state index contributed by atoms with van der Waals surface area (Å²) in [7, 11) is 3.40. The van der Waals surface area contributed by atoms with E-state index in [1.54, 1.807) is 20.2 Å². The van der Waals surface area contributed by atoms with Crippen LogP contribution in [-0.4, -0.2) is 38.2 Å². The summed E-state index contributed by atoms with van der Waals surface area (Å²) in [5.74, 6) is 0.626. The lowest BCUT2D eigenvalue weighted by molar-refractivity contribution is 0.0937. The topological polar surface area (TPSA) is 63.2 Å². The summed E-state index contributed by atoms with van der Waals surface area (Å²) in [4.78, 5) is 16.3. The van der Waals surface area contributed by atoms with Gasteiger partial charge in [-0.3, -0.25) is 4.79 Å². The van der Waals surface area contributed by atoms with E-state index >= 15 is 0 Å². The number of carbonyl (C=O) groups is 1. The van der Waals surface area contributed by atoms with Gasteiger partial charge in [-0.1, -0.05) is 13.3 Å². The smallest absolute Gasteiger partial charge is 0.251 e. The number of methoxy groups -OCH3 is 1. The Labute approximate surface area is 108 Å². The molecule has 0 saturated carbocycles. The van der Waals surface area contributed by atoms with Crippen LogP contribution in [0.3, 0.4) is 0 Å². The molecular weight excluding hydrogens is 230 g/mol. The Morgan fingerprint density at radius 1 is 1.44 bits per heavy atom. The van der Waals surface area contributed by atoms with Crippen LogP contribution in [-0.2, 0) is 11.2 Å². The summed E-state index contributed by atoms with van der Waals surface area (Å²) in [5.41, 5.74) is 1.56. The second-order valence-electron chi connectivity index (χ2n) is 3.98. The van der Waals surface area contributed by atoms with Crippen molar-refractivity contribution in [1.82, 2.24) is 10.3 Å². The molecule has 1 rings (SSSR count). The van der Waals surface area contributed by atoms with Gasteiger partial charge in [0.2, 0.25) is 0 Å². The van der Waals surface area contributed by atoms with Crippen LogP contribution in [0.15, 0.2) is 12.1 Å². The summed E-state index contributed by atoms with van der Waals surface area (Å²) in [5, 5.41) is 5.77. The fourth-order valence-electron chi connectivity index (χ4n) is 1.60. The molecule has 0 aromatic carbocycles. The number of hydrogen-bond donors (Lipinski definition) is 2. The standard InChI is InChI=1S/C13H21N3O2/c1-4-5-11-8-10(9-12(14-2)16-11)13(17)15-6-7-18-3/h8-9H,4-7H2,1-3H3,(H,14,16)(H,15,17). The van der Waals surface area contributed by atoms with E-state index in [0.717, 1.165) is 24.4 Å². The maximum atomic E-state index is 11.9. The quantitative estimate of drug-likeness (QED) is 0.720. The maximum Gasteiger partial charge on any atom is 0.251 e. The number of nitrogens with one attached hydrogen (secondary N) is 2. The molecule has 5 heteroatoms. The van der Waals surface area contributed by atoms with Gasteiger partial charge in [0.1, 0.15) is 5.82 Å². The number of nitrogens with zero attached hydrogens (tertiary/aromatic N) is 1. The first-order chi connectivity index (χ1) is 8.71. The average Bonchev–Trinajstić information content (AvgIpc) is 2.39. The van der Waals surface area contributed by atoms with Crippen molar-refractivity contribution in [1.29, 1.82) is 0 Å². The van der Waals surface area contributed by atoms with Crippen molar-refractivity contribution >= 4 is 11.7 Å². The molecule has 1 aromatic rings. The van der Waals surface area contributed by atoms with E-state index in [1.165, 1.54) is 0 Å². The van der Waals surface area contributed by atoms with E-state index in [4.69, 9.17) is 4.74 Å². The molecule has 0 atom stereocenters. The lowest BCUT2D eigenvalue weighted by atomic mass is 10.1. The molecule has 5 nitrogen and oxygen atoms in total. The number of aromatic nitrogens is 1. The van der Waals surface area contributed by atoms with Crippen LogP contribution in [0.25, 0.3) is 0 Å². The summed E-state index contributed by atoms with van der Waals surface area (Å²) in [6.45, 7) is 3.11. The number of ether oxygens (including phenoxy) is 1. The minimum atomic E-state index is -0.0942. The zero-order chi connectivity index (χ0) is 13.4. The number of rotatable bonds is 7. The predicted octanol–water partition coefficient (Wildman–Crippen LogP) is 1.45. The Kier molecular flexibility index (Phi) is 6.14. The van der Waals surface area contributed by atoms with Crippen molar-refractivity contribution < 1.29 is 9.53 Å². The third kappa shape index (κ3) is 4.33. The number of amides is 1. The zero-order valence-corrected chi connectivity index (χ0v) is 11.2. The van der Waals surface area contributed by atoms with E-state index in [2.05, 4.69) is 22.5 Å². The van der Waals surface area contributed by atoms with Crippen LogP contribution in [0.1, 0.15) is 29.4 Å². The molecule has 0 saturated heterocycles. The Bertz CT molecular complexity index is 394. The van der Waals surface area contributed by atoms with Crippen molar-refractivity contribution in [2.24, 2.45) is 0 Å². The third-order valence-corrected chi connectivity index (χ3v) is 2.49. The Morgan fingerprint density at radius 3 is 2.83 bits per heavy atom. The van der Waals surface area contributed by atoms with Crippen LogP contribution in [0.2, 0.25) is 0 Å². The first-order valence-corrected chi connectivity index (χ1v) is 6.17. The van der Waals surface area contributed by atoms with Crippen LogP contribution in [0, 0.1) is 0 Å². The fourth-order valence-corrected chi connectivity index (χ4v) is 1.60. The molecule has 18 heavy (non-hydrogen) atoms. The van der Waals surface area contributed by atoms with Gasteiger partial charge in [-0.2, -0.15) is 0 Å². The van der Waals surface area contributed by atoms with Crippen molar-refractivity contribution in [2.45, 2.75) is 19.8 Å². The highest BCUT2D eigenvalue weighted by molar-refractivity contribution is 5.95. The van der Waals surface area contributed by atoms with Gasteiger partial charge in [-0.25, -0.2) is 4.98 Å². The Balaban J connectivity index is 2.79. The molecule has 2 N–H and O–H groups in total. The van der Waals surface area contributed by atoms with Gasteiger partial charge in [0, 0.05) is 32.0 Å². The molecular formula is C13H21N3O2. The molecule has 1 aromatic heterocycles. The highest BCUT2D eigenvalue weighted by Crippen LogP contribution is 2.11. The number of pyridine rings is 1. The molecule has 0 unspecified atom stereocenters. The SMILES string of the molecule is CCCc1cc(C(=O)NCCOC)cc(NC)n1. The maximum absolute atomic E-state index is 11.9. The third-order valence-electron chi connectivity index (χ3n) is 2.49. The summed E-state index contributed by atoms with van der Waals surface area (Å²) < 4.78 is 4.90. The van der Waals surface area contributed by atoms with Gasteiger partial charge in [-0.05, 0) is 18.6 Å². The lowest BCUT2D eigenvalue weighted by Crippen LogP contribution is -2.27. The van der Waals surface area contributed by atoms with Gasteiger partial charge in [0.25, 0.3) is 5.91 Å². The van der Waals surface area contributed by atoms with Gasteiger partial charge in [0.05, 0.1) is 6.61 Å². The summed E-state index contributed by atoms with van der Waals surface area (Å²) in [6, 6.07) is 3.59. The number of anilines is 1. The Hall–Kier alpha value is -1.62. The van der Waals surface area contributed by atoms with E-state index in [1.807, 2.05) is 6.07 Å². The molecule has 0 aliphatic heterocycles. The van der Waals surface area contributed by atoms with Gasteiger partial charge in [-0.15, -0.1) is 0 Å². The molecule has 0 aliphatic rings. The summed E-state index contributed by atoms with van der Waals surface area (Å²) >= 11 is 0. The molecule has 0 aliphatic carbocycles. The van der Waals surface area contributed by atoms with Crippen molar-refractivity contribution in [3.63, 3.8) is 0 Å². The number of hydrogen-bond acceptors (Lipinski definition) is 4. The van der Waals surface area contributed by atoms with Crippen LogP contribution in [0.4, 0.5) is 5.82 Å². The van der Waals surface area contributed by atoms with Crippen molar-refractivity contribution in [3.05, 3.63) is 23.4 Å². The largest absolute Gasteiger partial charge is 0.383 e. The monoisotopic (exact) mass is 251 g/mol. The van der Waals surface area contributed by atoms with Crippen LogP contribution >= 0.6 is 0 Å². The highest BCUT2D eigenvalue weighted by atomic mass is 16.5. The van der Waals surface area contributed by atoms with Crippen LogP contribution < -0.4 is 10.6 Å². The first kappa shape index (κ1) is 14.4. The minimum Gasteiger partial charge on any atom is -0.383 e. The van der Waals surface area contributed by atoms with Crippen molar-refractivity contribution in [3.8, 4) is 0 Å². The average molecular weight is 251 g/mol. The van der Waals surface area contributed by atoms with Crippen molar-refractivity contribution in [2.75, 3.05) is 32.6 Å². The fraction of sp³-hybridized carbons (Fsp3) is 0.538. The second kappa shape index (κ2) is 7.66. The second-order valence-corrected chi connectivity index (χ2v) is 3.98. The molecule has 1 amide bonds. The molecule has 0 fully saturated rings. The highest BCUT2D eigenvalue weighted by Gasteiger charge is 2.08. The zero-order valence-electron chi connectivity index (χ0n) is 11.2. The molecule has 0 bridgehead atoms. The first-order valence-electron chi connectivity index (χ1n) is 6.17. The number of aryl methyl sites for hydroxylation is 1. The van der Waals surface area contributed by atoms with Gasteiger partial charge >= 0.3 is 0 Å². The molecule has 1 heterocycles. The molecule has 0 spiro atoms. The minimum absolute atomic E-state index is 0.0942. The van der Waals surface area contributed by atoms with Gasteiger partial charge in [0.15, 0.2) is 0 Å². The van der Waals surface area contributed by atoms with E-state index in [0.29, 0.717) is 18.7 Å². The Morgan fingerprint density at radius 2 is 2.22 bits per heavy atom. The number of carbonyl (C=O) groups excluding carboxylic acids is 1. The van der Waals surface area contributed by atoms with E-state index < -0.39 is 0 Å². The predicted molar refractivity (Wildman–Crippen MR) is 72.0 cm³/mol. The molecule has 0 radical (unpaired) electrons. The summed E-state index contributed by atoms with van der Waals surface area (Å²) in [6.07, 6.45) is 1.87. The molecule has 100 valence electrons. The normalized spacial score (nSPS) is 10.2. The van der Waals surface area contributed by atoms with Gasteiger partial charge < -0.3 is 15.4 Å². The van der Waals surface area contributed by atoms with Crippen LogP contribution in [0.5, 0.6) is 0 Å².